The smallest absolute Gasteiger partial charge is 0.307 e. The Morgan fingerprint density at radius 2 is 1.58 bits per heavy atom. The SMILES string of the molecule is COc1ccc(CN2CC(c3ccccc3)c3ccccc3C2CCOc2cccc(CC(=O)O)c2)cc1. The second kappa shape index (κ2) is 12.0. The maximum atomic E-state index is 11.1. The van der Waals surface area contributed by atoms with Gasteiger partial charge in [-0.05, 0) is 52.1 Å². The van der Waals surface area contributed by atoms with Gasteiger partial charge in [0.1, 0.15) is 11.5 Å². The second-order valence-corrected chi connectivity index (χ2v) is 9.74. The van der Waals surface area contributed by atoms with Gasteiger partial charge in [-0.2, -0.15) is 0 Å². The summed E-state index contributed by atoms with van der Waals surface area (Å²) in [5.74, 6) is 1.00. The summed E-state index contributed by atoms with van der Waals surface area (Å²) in [6.45, 7) is 2.26. The van der Waals surface area contributed by atoms with Crippen LogP contribution in [0.15, 0.2) is 103 Å². The Bertz CT molecular complexity index is 1350. The summed E-state index contributed by atoms with van der Waals surface area (Å²) in [5.41, 5.74) is 6.02. The van der Waals surface area contributed by atoms with Gasteiger partial charge in [-0.15, -0.1) is 0 Å². The lowest BCUT2D eigenvalue weighted by molar-refractivity contribution is -0.136. The van der Waals surface area contributed by atoms with Crippen LogP contribution in [-0.2, 0) is 17.8 Å². The molecule has 0 bridgehead atoms. The van der Waals surface area contributed by atoms with Crippen LogP contribution in [0.2, 0.25) is 0 Å². The zero-order chi connectivity index (χ0) is 26.3. The number of carboxylic acids is 1. The zero-order valence-corrected chi connectivity index (χ0v) is 21.6. The molecule has 0 saturated heterocycles. The molecular weight excluding hydrogens is 474 g/mol. The number of aliphatic carboxylic acids is 1. The van der Waals surface area contributed by atoms with Crippen molar-refractivity contribution in [3.05, 3.63) is 131 Å². The number of carboxylic acid groups (broad SMARTS) is 1. The van der Waals surface area contributed by atoms with E-state index < -0.39 is 5.97 Å². The van der Waals surface area contributed by atoms with Crippen LogP contribution < -0.4 is 9.47 Å². The molecule has 0 aliphatic carbocycles. The van der Waals surface area contributed by atoms with E-state index in [1.165, 1.54) is 22.3 Å². The average molecular weight is 508 g/mol. The molecule has 1 N–H and O–H groups in total. The van der Waals surface area contributed by atoms with E-state index in [0.717, 1.165) is 30.8 Å². The molecular formula is C33H33NO4. The van der Waals surface area contributed by atoms with Crippen LogP contribution in [0.3, 0.4) is 0 Å². The Hall–Kier alpha value is -4.09. The summed E-state index contributed by atoms with van der Waals surface area (Å²) < 4.78 is 11.5. The van der Waals surface area contributed by atoms with Crippen molar-refractivity contribution in [1.29, 1.82) is 0 Å². The highest BCUT2D eigenvalue weighted by Gasteiger charge is 2.33. The van der Waals surface area contributed by atoms with Gasteiger partial charge in [0.05, 0.1) is 20.1 Å². The highest BCUT2D eigenvalue weighted by molar-refractivity contribution is 5.70. The minimum atomic E-state index is -0.844. The summed E-state index contributed by atoms with van der Waals surface area (Å²) in [5, 5.41) is 9.13. The fourth-order valence-electron chi connectivity index (χ4n) is 5.45. The molecule has 4 aromatic rings. The van der Waals surface area contributed by atoms with Crippen molar-refractivity contribution in [3.63, 3.8) is 0 Å². The van der Waals surface area contributed by atoms with Gasteiger partial charge < -0.3 is 14.6 Å². The highest BCUT2D eigenvalue weighted by atomic mass is 16.5. The van der Waals surface area contributed by atoms with Crippen LogP contribution >= 0.6 is 0 Å². The van der Waals surface area contributed by atoms with E-state index >= 15 is 0 Å². The van der Waals surface area contributed by atoms with Crippen LogP contribution in [-0.4, -0.2) is 36.2 Å². The largest absolute Gasteiger partial charge is 0.497 e. The first-order valence-corrected chi connectivity index (χ1v) is 13.0. The topological polar surface area (TPSA) is 59.0 Å². The molecule has 2 unspecified atom stereocenters. The average Bonchev–Trinajstić information content (AvgIpc) is 2.94. The second-order valence-electron chi connectivity index (χ2n) is 9.74. The van der Waals surface area contributed by atoms with Crippen LogP contribution in [0.25, 0.3) is 0 Å². The molecule has 0 saturated carbocycles. The number of carbonyl (C=O) groups is 1. The molecule has 5 heteroatoms. The lowest BCUT2D eigenvalue weighted by Crippen LogP contribution is -2.38. The molecule has 1 aliphatic heterocycles. The number of ether oxygens (including phenoxy) is 2. The van der Waals surface area contributed by atoms with Gasteiger partial charge in [-0.25, -0.2) is 0 Å². The Morgan fingerprint density at radius 1 is 0.842 bits per heavy atom. The van der Waals surface area contributed by atoms with Crippen molar-refractivity contribution < 1.29 is 19.4 Å². The van der Waals surface area contributed by atoms with E-state index in [0.29, 0.717) is 12.4 Å². The van der Waals surface area contributed by atoms with Gasteiger partial charge in [-0.1, -0.05) is 78.9 Å². The van der Waals surface area contributed by atoms with Gasteiger partial charge in [0.2, 0.25) is 0 Å². The molecule has 194 valence electrons. The van der Waals surface area contributed by atoms with Crippen molar-refractivity contribution in [2.45, 2.75) is 31.3 Å². The van der Waals surface area contributed by atoms with E-state index in [1.807, 2.05) is 36.4 Å². The summed E-state index contributed by atoms with van der Waals surface area (Å²) in [4.78, 5) is 13.7. The molecule has 0 fully saturated rings. The zero-order valence-electron chi connectivity index (χ0n) is 21.6. The molecule has 0 radical (unpaired) electrons. The van der Waals surface area contributed by atoms with Crippen LogP contribution in [0.1, 0.15) is 46.2 Å². The van der Waals surface area contributed by atoms with E-state index in [2.05, 4.69) is 71.6 Å². The Morgan fingerprint density at radius 3 is 2.32 bits per heavy atom. The standard InChI is InChI=1S/C33H33NO4/c1-37-27-16-14-24(15-17-27)22-34-23-31(26-9-3-2-4-10-26)29-12-5-6-13-30(29)32(34)18-19-38-28-11-7-8-25(20-28)21-33(35)36/h2-17,20,31-32H,18-19,21-23H2,1H3,(H,35,36). The quantitative estimate of drug-likeness (QED) is 0.266. The normalized spacial score (nSPS) is 17.0. The number of hydrogen-bond acceptors (Lipinski definition) is 4. The molecule has 4 aromatic carbocycles. The lowest BCUT2D eigenvalue weighted by atomic mass is 9.80. The maximum absolute atomic E-state index is 11.1. The third-order valence-electron chi connectivity index (χ3n) is 7.25. The molecule has 0 spiro atoms. The highest BCUT2D eigenvalue weighted by Crippen LogP contribution is 2.41. The van der Waals surface area contributed by atoms with E-state index in [1.54, 1.807) is 7.11 Å². The summed E-state index contributed by atoms with van der Waals surface area (Å²) in [7, 11) is 1.69. The maximum Gasteiger partial charge on any atom is 0.307 e. The van der Waals surface area contributed by atoms with E-state index in [-0.39, 0.29) is 18.4 Å². The van der Waals surface area contributed by atoms with Gasteiger partial charge in [0.15, 0.2) is 0 Å². The number of methoxy groups -OCH3 is 1. The van der Waals surface area contributed by atoms with Crippen molar-refractivity contribution in [1.82, 2.24) is 4.90 Å². The fraction of sp³-hybridized carbons (Fsp3) is 0.242. The molecule has 2 atom stereocenters. The summed E-state index contributed by atoms with van der Waals surface area (Å²) in [6.07, 6.45) is 0.807. The fourth-order valence-corrected chi connectivity index (χ4v) is 5.45. The number of rotatable bonds is 10. The number of hydrogen-bond donors (Lipinski definition) is 1. The number of fused-ring (bicyclic) bond motifs is 1. The van der Waals surface area contributed by atoms with Crippen LogP contribution in [0.4, 0.5) is 0 Å². The molecule has 0 aromatic heterocycles. The predicted octanol–water partition coefficient (Wildman–Crippen LogP) is 6.48. The third-order valence-corrected chi connectivity index (χ3v) is 7.25. The lowest BCUT2D eigenvalue weighted by Gasteiger charge is -2.41. The monoisotopic (exact) mass is 507 g/mol. The first-order chi connectivity index (χ1) is 18.6. The Kier molecular flexibility index (Phi) is 8.05. The molecule has 0 amide bonds. The molecule has 1 aliphatic rings. The molecule has 5 rings (SSSR count). The minimum absolute atomic E-state index is 0.0102. The summed E-state index contributed by atoms with van der Waals surface area (Å²) in [6, 6.07) is 35.4. The van der Waals surface area contributed by atoms with Crippen molar-refractivity contribution >= 4 is 5.97 Å². The predicted molar refractivity (Wildman–Crippen MR) is 149 cm³/mol. The molecule has 5 nitrogen and oxygen atoms in total. The van der Waals surface area contributed by atoms with Crippen LogP contribution in [0.5, 0.6) is 11.5 Å². The van der Waals surface area contributed by atoms with Crippen molar-refractivity contribution in [2.75, 3.05) is 20.3 Å². The number of benzene rings is 4. The van der Waals surface area contributed by atoms with Gasteiger partial charge in [0, 0.05) is 31.5 Å². The first-order valence-electron chi connectivity index (χ1n) is 13.0. The van der Waals surface area contributed by atoms with Gasteiger partial charge >= 0.3 is 5.97 Å². The Labute approximate surface area is 224 Å². The Balaban J connectivity index is 1.40. The summed E-state index contributed by atoms with van der Waals surface area (Å²) >= 11 is 0. The van der Waals surface area contributed by atoms with E-state index in [4.69, 9.17) is 14.6 Å². The number of nitrogens with zero attached hydrogens (tertiary/aromatic N) is 1. The van der Waals surface area contributed by atoms with Crippen LogP contribution in [0, 0.1) is 0 Å². The van der Waals surface area contributed by atoms with Gasteiger partial charge in [-0.3, -0.25) is 9.69 Å². The van der Waals surface area contributed by atoms with E-state index in [9.17, 15) is 4.79 Å². The molecule has 1 heterocycles. The third kappa shape index (κ3) is 6.06. The van der Waals surface area contributed by atoms with Crippen molar-refractivity contribution in [3.8, 4) is 11.5 Å². The van der Waals surface area contributed by atoms with Crippen molar-refractivity contribution in [2.24, 2.45) is 0 Å². The van der Waals surface area contributed by atoms with Gasteiger partial charge in [0.25, 0.3) is 0 Å². The first kappa shape index (κ1) is 25.6. The molecule has 38 heavy (non-hydrogen) atoms. The minimum Gasteiger partial charge on any atom is -0.497 e.